The van der Waals surface area contributed by atoms with Crippen molar-refractivity contribution < 1.29 is 27.9 Å². The zero-order chi connectivity index (χ0) is 25.8. The molecule has 0 bridgehead atoms. The molecule has 12 heteroatoms. The standard InChI is InChI=1S/C24H21ClF3N5O3/c1-30-13-14-12-29-19-4-2-15(25)10-17(19)21(14)33(22(30)34)16-3-5-20(18(11-16)24(26,27)28)31-6-8-32(9-7-31)23(35)36/h2-5,10-12H,6-9,13H2,1H3,(H,35,36). The lowest BCUT2D eigenvalue weighted by molar-refractivity contribution is -0.137. The van der Waals surface area contributed by atoms with Crippen molar-refractivity contribution in [3.63, 3.8) is 0 Å². The Morgan fingerprint density at radius 3 is 2.47 bits per heavy atom. The van der Waals surface area contributed by atoms with Crippen molar-refractivity contribution in [2.24, 2.45) is 0 Å². The first-order valence-electron chi connectivity index (χ1n) is 11.1. The number of halogens is 4. The van der Waals surface area contributed by atoms with Gasteiger partial charge in [-0.05, 0) is 36.4 Å². The average Bonchev–Trinajstić information content (AvgIpc) is 2.84. The summed E-state index contributed by atoms with van der Waals surface area (Å²) in [5.74, 6) is 0. The first-order valence-corrected chi connectivity index (χ1v) is 11.5. The summed E-state index contributed by atoms with van der Waals surface area (Å²) in [6, 6.07) is 8.31. The zero-order valence-electron chi connectivity index (χ0n) is 19.1. The normalized spacial score (nSPS) is 16.5. The van der Waals surface area contributed by atoms with Crippen LogP contribution in [0.5, 0.6) is 0 Å². The Hall–Kier alpha value is -3.73. The summed E-state index contributed by atoms with van der Waals surface area (Å²) >= 11 is 6.21. The van der Waals surface area contributed by atoms with Gasteiger partial charge in [-0.2, -0.15) is 13.2 Å². The van der Waals surface area contributed by atoms with E-state index >= 15 is 0 Å². The number of urea groups is 1. The van der Waals surface area contributed by atoms with Gasteiger partial charge >= 0.3 is 18.3 Å². The lowest BCUT2D eigenvalue weighted by atomic mass is 10.0. The molecule has 188 valence electrons. The summed E-state index contributed by atoms with van der Waals surface area (Å²) in [5, 5.41) is 10.1. The van der Waals surface area contributed by atoms with E-state index in [-0.39, 0.29) is 44.1 Å². The molecule has 2 aliphatic rings. The third kappa shape index (κ3) is 4.13. The number of piperazine rings is 1. The zero-order valence-corrected chi connectivity index (χ0v) is 19.8. The minimum Gasteiger partial charge on any atom is -0.465 e. The molecule has 0 aliphatic carbocycles. The van der Waals surface area contributed by atoms with E-state index in [4.69, 9.17) is 16.7 Å². The number of carbonyl (C=O) groups excluding carboxylic acids is 1. The molecule has 0 unspecified atom stereocenters. The highest BCUT2D eigenvalue weighted by atomic mass is 35.5. The summed E-state index contributed by atoms with van der Waals surface area (Å²) in [6.07, 6.45) is -4.19. The molecule has 8 nitrogen and oxygen atoms in total. The molecule has 1 fully saturated rings. The van der Waals surface area contributed by atoms with Crippen molar-refractivity contribution in [1.29, 1.82) is 0 Å². The van der Waals surface area contributed by atoms with Gasteiger partial charge in [-0.25, -0.2) is 9.59 Å². The van der Waals surface area contributed by atoms with E-state index in [9.17, 15) is 22.8 Å². The van der Waals surface area contributed by atoms with Crippen LogP contribution in [0.4, 0.5) is 39.8 Å². The van der Waals surface area contributed by atoms with Crippen molar-refractivity contribution in [2.75, 3.05) is 43.0 Å². The topological polar surface area (TPSA) is 80.2 Å². The Bertz CT molecular complexity index is 1380. The molecular formula is C24H21ClF3N5O3. The quantitative estimate of drug-likeness (QED) is 0.489. The smallest absolute Gasteiger partial charge is 0.418 e. The molecule has 0 spiro atoms. The highest BCUT2D eigenvalue weighted by molar-refractivity contribution is 6.31. The van der Waals surface area contributed by atoms with Gasteiger partial charge in [0.2, 0.25) is 0 Å². The van der Waals surface area contributed by atoms with E-state index < -0.39 is 23.9 Å². The van der Waals surface area contributed by atoms with Gasteiger partial charge in [0.15, 0.2) is 0 Å². The van der Waals surface area contributed by atoms with Crippen molar-refractivity contribution in [2.45, 2.75) is 12.7 Å². The third-order valence-corrected chi connectivity index (χ3v) is 6.70. The number of nitrogens with zero attached hydrogens (tertiary/aromatic N) is 5. The summed E-state index contributed by atoms with van der Waals surface area (Å²) in [7, 11) is 1.57. The molecule has 2 aliphatic heterocycles. The number of anilines is 3. The van der Waals surface area contributed by atoms with Crippen LogP contribution in [-0.2, 0) is 12.7 Å². The van der Waals surface area contributed by atoms with Gasteiger partial charge < -0.3 is 19.8 Å². The van der Waals surface area contributed by atoms with Crippen LogP contribution in [0.2, 0.25) is 5.02 Å². The fourth-order valence-electron chi connectivity index (χ4n) is 4.71. The number of carbonyl (C=O) groups is 2. The second kappa shape index (κ2) is 8.74. The van der Waals surface area contributed by atoms with Crippen LogP contribution in [0, 0.1) is 0 Å². The number of hydrogen-bond acceptors (Lipinski definition) is 4. The number of aromatic nitrogens is 1. The predicted octanol–water partition coefficient (Wildman–Crippen LogP) is 5.41. The molecule has 0 saturated carbocycles. The molecule has 36 heavy (non-hydrogen) atoms. The van der Waals surface area contributed by atoms with Gasteiger partial charge in [0.25, 0.3) is 0 Å². The molecule has 3 aromatic rings. The van der Waals surface area contributed by atoms with Crippen molar-refractivity contribution >= 4 is 51.7 Å². The first-order chi connectivity index (χ1) is 17.0. The molecule has 1 N–H and O–H groups in total. The summed E-state index contributed by atoms with van der Waals surface area (Å²) in [5.41, 5.74) is 0.778. The molecule has 1 aromatic heterocycles. The molecular weight excluding hydrogens is 499 g/mol. The number of benzene rings is 2. The minimum atomic E-state index is -4.70. The van der Waals surface area contributed by atoms with E-state index in [1.807, 2.05) is 0 Å². The van der Waals surface area contributed by atoms with Crippen molar-refractivity contribution in [3.8, 4) is 0 Å². The predicted molar refractivity (Wildman–Crippen MR) is 129 cm³/mol. The van der Waals surface area contributed by atoms with Gasteiger partial charge in [-0.1, -0.05) is 11.6 Å². The molecule has 1 saturated heterocycles. The monoisotopic (exact) mass is 519 g/mol. The number of rotatable bonds is 2. The van der Waals surface area contributed by atoms with E-state index in [0.717, 1.165) is 6.07 Å². The van der Waals surface area contributed by atoms with Crippen LogP contribution in [0.1, 0.15) is 11.1 Å². The van der Waals surface area contributed by atoms with E-state index in [2.05, 4.69) is 4.98 Å². The van der Waals surface area contributed by atoms with Gasteiger partial charge in [-0.3, -0.25) is 9.88 Å². The lowest BCUT2D eigenvalue weighted by Crippen LogP contribution is -2.48. The van der Waals surface area contributed by atoms with Crippen LogP contribution in [0.25, 0.3) is 10.9 Å². The minimum absolute atomic E-state index is 0.0560. The third-order valence-electron chi connectivity index (χ3n) is 6.46. The highest BCUT2D eigenvalue weighted by Crippen LogP contribution is 2.44. The Morgan fingerprint density at radius 1 is 1.08 bits per heavy atom. The molecule has 3 heterocycles. The summed E-state index contributed by atoms with van der Waals surface area (Å²) < 4.78 is 42.8. The first kappa shape index (κ1) is 24.0. The number of carboxylic acid groups (broad SMARTS) is 1. The molecule has 5 rings (SSSR count). The summed E-state index contributed by atoms with van der Waals surface area (Å²) in [6.45, 7) is 0.682. The fraction of sp³-hybridized carbons (Fsp3) is 0.292. The largest absolute Gasteiger partial charge is 0.465 e. The van der Waals surface area contributed by atoms with Crippen LogP contribution in [0.15, 0.2) is 42.6 Å². The Morgan fingerprint density at radius 2 is 1.81 bits per heavy atom. The second-order valence-electron chi connectivity index (χ2n) is 8.72. The lowest BCUT2D eigenvalue weighted by Gasteiger charge is -2.38. The van der Waals surface area contributed by atoms with E-state index in [1.54, 1.807) is 31.4 Å². The van der Waals surface area contributed by atoms with Crippen molar-refractivity contribution in [3.05, 3.63) is 58.7 Å². The summed E-state index contributed by atoms with van der Waals surface area (Å²) in [4.78, 5) is 34.3. The Kier molecular flexibility index (Phi) is 5.82. The van der Waals surface area contributed by atoms with E-state index in [0.29, 0.717) is 27.2 Å². The van der Waals surface area contributed by atoms with Gasteiger partial charge in [-0.15, -0.1) is 0 Å². The maximum atomic E-state index is 14.3. The maximum absolute atomic E-state index is 14.3. The van der Waals surface area contributed by atoms with Crippen molar-refractivity contribution in [1.82, 2.24) is 14.8 Å². The number of alkyl halides is 3. The van der Waals surface area contributed by atoms with Gasteiger partial charge in [0, 0.05) is 61.1 Å². The molecule has 2 aromatic carbocycles. The maximum Gasteiger partial charge on any atom is 0.418 e. The number of fused-ring (bicyclic) bond motifs is 3. The van der Waals surface area contributed by atoms with Crippen LogP contribution in [-0.4, -0.2) is 65.2 Å². The molecule has 0 atom stereocenters. The van der Waals surface area contributed by atoms with Crippen LogP contribution >= 0.6 is 11.6 Å². The number of hydrogen-bond donors (Lipinski definition) is 1. The molecule has 3 amide bonds. The average molecular weight is 520 g/mol. The van der Waals surface area contributed by atoms with Gasteiger partial charge in [0.05, 0.1) is 29.0 Å². The Balaban J connectivity index is 1.63. The molecule has 0 radical (unpaired) electrons. The number of pyridine rings is 1. The van der Waals surface area contributed by atoms with Crippen LogP contribution in [0.3, 0.4) is 0 Å². The van der Waals surface area contributed by atoms with Crippen LogP contribution < -0.4 is 9.80 Å². The Labute approximate surface area is 209 Å². The highest BCUT2D eigenvalue weighted by Gasteiger charge is 2.38. The van der Waals surface area contributed by atoms with Gasteiger partial charge in [0.1, 0.15) is 0 Å². The number of amides is 3. The fourth-order valence-corrected chi connectivity index (χ4v) is 4.88. The SMILES string of the molecule is CN1Cc2cnc3ccc(Cl)cc3c2N(c2ccc(N3CCN(C(=O)O)CC3)c(C(F)(F)F)c2)C1=O. The van der Waals surface area contributed by atoms with E-state index in [1.165, 1.54) is 31.7 Å². The second-order valence-corrected chi connectivity index (χ2v) is 9.16.